The summed E-state index contributed by atoms with van der Waals surface area (Å²) in [6.07, 6.45) is 3.27. The lowest BCUT2D eigenvalue weighted by Gasteiger charge is -2.30. The Morgan fingerprint density at radius 1 is 1.55 bits per heavy atom. The van der Waals surface area contributed by atoms with E-state index in [1.165, 1.54) is 0 Å². The number of nitrogens with one attached hydrogen (secondary N) is 1. The van der Waals surface area contributed by atoms with Crippen LogP contribution in [0.5, 0.6) is 0 Å². The highest BCUT2D eigenvalue weighted by molar-refractivity contribution is 5.81. The quantitative estimate of drug-likeness (QED) is 0.742. The van der Waals surface area contributed by atoms with Gasteiger partial charge in [0.2, 0.25) is 0 Å². The van der Waals surface area contributed by atoms with Crippen molar-refractivity contribution in [1.29, 1.82) is 0 Å². The van der Waals surface area contributed by atoms with Gasteiger partial charge in [-0.3, -0.25) is 10.2 Å². The third-order valence-electron chi connectivity index (χ3n) is 4.39. The summed E-state index contributed by atoms with van der Waals surface area (Å²) in [5.74, 6) is -0.110. The molecule has 2 rings (SSSR count). The summed E-state index contributed by atoms with van der Waals surface area (Å²) in [5, 5.41) is 3.47. The van der Waals surface area contributed by atoms with Gasteiger partial charge in [-0.05, 0) is 40.0 Å². The van der Waals surface area contributed by atoms with E-state index in [1.54, 1.807) is 0 Å². The van der Waals surface area contributed by atoms with E-state index in [0.29, 0.717) is 12.6 Å². The van der Waals surface area contributed by atoms with Gasteiger partial charge in [0.05, 0.1) is 12.7 Å². The zero-order valence-corrected chi connectivity index (χ0v) is 13.0. The van der Waals surface area contributed by atoms with Crippen LogP contribution < -0.4 is 5.32 Å². The monoisotopic (exact) mass is 284 g/mol. The molecule has 0 bridgehead atoms. The summed E-state index contributed by atoms with van der Waals surface area (Å²) < 4.78 is 10.9. The van der Waals surface area contributed by atoms with Crippen molar-refractivity contribution in [2.75, 3.05) is 32.8 Å². The van der Waals surface area contributed by atoms with E-state index < -0.39 is 5.54 Å². The van der Waals surface area contributed by atoms with Crippen LogP contribution in [0.4, 0.5) is 0 Å². The van der Waals surface area contributed by atoms with Crippen LogP contribution in [-0.4, -0.2) is 61.4 Å². The van der Waals surface area contributed by atoms with Crippen LogP contribution in [0.25, 0.3) is 0 Å². The van der Waals surface area contributed by atoms with E-state index in [1.807, 2.05) is 6.92 Å². The second kappa shape index (κ2) is 6.87. The van der Waals surface area contributed by atoms with E-state index in [0.717, 1.165) is 45.5 Å². The normalized spacial score (nSPS) is 31.1. The Labute approximate surface area is 122 Å². The topological polar surface area (TPSA) is 50.8 Å². The number of hydrogen-bond donors (Lipinski definition) is 1. The molecule has 20 heavy (non-hydrogen) atoms. The Morgan fingerprint density at radius 3 is 2.90 bits per heavy atom. The maximum Gasteiger partial charge on any atom is 0.327 e. The molecule has 2 aliphatic heterocycles. The first-order valence-corrected chi connectivity index (χ1v) is 7.85. The van der Waals surface area contributed by atoms with Crippen LogP contribution in [0, 0.1) is 0 Å². The zero-order chi connectivity index (χ0) is 14.6. The van der Waals surface area contributed by atoms with Crippen molar-refractivity contribution in [3.05, 3.63) is 0 Å². The summed E-state index contributed by atoms with van der Waals surface area (Å²) in [4.78, 5) is 14.7. The molecule has 0 amide bonds. The van der Waals surface area contributed by atoms with Gasteiger partial charge >= 0.3 is 5.97 Å². The highest BCUT2D eigenvalue weighted by Gasteiger charge is 2.46. The Balaban J connectivity index is 1.98. The molecule has 2 heterocycles. The SMILES string of the molecule is CCOC(=O)C1(NCC2CCCO2)CCN(C(C)C)C1. The second-order valence-electron chi connectivity index (χ2n) is 6.13. The number of ether oxygens (including phenoxy) is 2. The first-order chi connectivity index (χ1) is 9.57. The van der Waals surface area contributed by atoms with Gasteiger partial charge in [0.25, 0.3) is 0 Å². The van der Waals surface area contributed by atoms with Gasteiger partial charge in [-0.2, -0.15) is 0 Å². The predicted molar refractivity (Wildman–Crippen MR) is 77.7 cm³/mol. The Bertz CT molecular complexity index is 329. The van der Waals surface area contributed by atoms with Crippen molar-refractivity contribution in [3.63, 3.8) is 0 Å². The molecular formula is C15H28N2O3. The number of carbonyl (C=O) groups excluding carboxylic acids is 1. The molecule has 2 fully saturated rings. The summed E-state index contributed by atoms with van der Waals surface area (Å²) in [6, 6.07) is 0.454. The van der Waals surface area contributed by atoms with Gasteiger partial charge in [-0.25, -0.2) is 4.79 Å². The average molecular weight is 284 g/mol. The third-order valence-corrected chi connectivity index (χ3v) is 4.39. The molecule has 2 atom stereocenters. The molecule has 2 unspecified atom stereocenters. The number of nitrogens with zero attached hydrogens (tertiary/aromatic N) is 1. The van der Waals surface area contributed by atoms with Gasteiger partial charge in [0, 0.05) is 32.3 Å². The molecule has 0 spiro atoms. The van der Waals surface area contributed by atoms with Crippen molar-refractivity contribution < 1.29 is 14.3 Å². The molecule has 2 aliphatic rings. The maximum absolute atomic E-state index is 12.4. The number of rotatable bonds is 6. The zero-order valence-electron chi connectivity index (χ0n) is 13.0. The molecule has 0 aromatic carbocycles. The fraction of sp³-hybridized carbons (Fsp3) is 0.933. The van der Waals surface area contributed by atoms with Crippen LogP contribution in [0.1, 0.15) is 40.0 Å². The van der Waals surface area contributed by atoms with Crippen LogP contribution in [0.2, 0.25) is 0 Å². The minimum absolute atomic E-state index is 0.110. The first-order valence-electron chi connectivity index (χ1n) is 7.85. The summed E-state index contributed by atoms with van der Waals surface area (Å²) in [5.41, 5.74) is -0.549. The Morgan fingerprint density at radius 2 is 2.35 bits per heavy atom. The predicted octanol–water partition coefficient (Wildman–Crippen LogP) is 1.17. The van der Waals surface area contributed by atoms with Crippen molar-refractivity contribution in [3.8, 4) is 0 Å². The van der Waals surface area contributed by atoms with E-state index in [2.05, 4.69) is 24.1 Å². The van der Waals surface area contributed by atoms with Crippen LogP contribution >= 0.6 is 0 Å². The highest BCUT2D eigenvalue weighted by Crippen LogP contribution is 2.25. The Hall–Kier alpha value is -0.650. The molecule has 0 aromatic rings. The van der Waals surface area contributed by atoms with Gasteiger partial charge < -0.3 is 9.47 Å². The smallest absolute Gasteiger partial charge is 0.327 e. The van der Waals surface area contributed by atoms with E-state index in [-0.39, 0.29) is 12.1 Å². The fourth-order valence-electron chi connectivity index (χ4n) is 3.05. The molecule has 1 N–H and O–H groups in total. The number of likely N-dealkylation sites (tertiary alicyclic amines) is 1. The third kappa shape index (κ3) is 3.51. The summed E-state index contributed by atoms with van der Waals surface area (Å²) in [7, 11) is 0. The number of carbonyl (C=O) groups is 1. The molecule has 0 saturated carbocycles. The van der Waals surface area contributed by atoms with E-state index >= 15 is 0 Å². The minimum atomic E-state index is -0.549. The van der Waals surface area contributed by atoms with Crippen LogP contribution in [0.15, 0.2) is 0 Å². The molecule has 5 heteroatoms. The lowest BCUT2D eigenvalue weighted by Crippen LogP contribution is -2.57. The van der Waals surface area contributed by atoms with Crippen LogP contribution in [0.3, 0.4) is 0 Å². The van der Waals surface area contributed by atoms with Crippen molar-refractivity contribution in [1.82, 2.24) is 10.2 Å². The van der Waals surface area contributed by atoms with Gasteiger partial charge in [-0.1, -0.05) is 0 Å². The molecule has 0 aromatic heterocycles. The van der Waals surface area contributed by atoms with Gasteiger partial charge in [-0.15, -0.1) is 0 Å². The molecule has 116 valence electrons. The standard InChI is InChI=1S/C15H28N2O3/c1-4-19-14(18)15(7-8-17(11-15)12(2)3)16-10-13-6-5-9-20-13/h12-13,16H,4-11H2,1-3H3. The van der Waals surface area contributed by atoms with Gasteiger partial charge in [0.1, 0.15) is 5.54 Å². The van der Waals surface area contributed by atoms with E-state index in [4.69, 9.17) is 9.47 Å². The maximum atomic E-state index is 12.4. The van der Waals surface area contributed by atoms with Crippen molar-refractivity contribution in [2.24, 2.45) is 0 Å². The lowest BCUT2D eigenvalue weighted by atomic mass is 9.98. The number of hydrogen-bond acceptors (Lipinski definition) is 5. The van der Waals surface area contributed by atoms with Crippen molar-refractivity contribution in [2.45, 2.75) is 57.7 Å². The average Bonchev–Trinajstić information content (AvgIpc) is 3.07. The minimum Gasteiger partial charge on any atom is -0.465 e. The first kappa shape index (κ1) is 15.7. The fourth-order valence-corrected chi connectivity index (χ4v) is 3.05. The van der Waals surface area contributed by atoms with E-state index in [9.17, 15) is 4.79 Å². The number of esters is 1. The molecule has 5 nitrogen and oxygen atoms in total. The van der Waals surface area contributed by atoms with Gasteiger partial charge in [0.15, 0.2) is 0 Å². The second-order valence-corrected chi connectivity index (χ2v) is 6.13. The highest BCUT2D eigenvalue weighted by atomic mass is 16.5. The largest absolute Gasteiger partial charge is 0.465 e. The Kier molecular flexibility index (Phi) is 5.41. The van der Waals surface area contributed by atoms with Crippen LogP contribution in [-0.2, 0) is 14.3 Å². The molecule has 0 radical (unpaired) electrons. The molecule has 2 saturated heterocycles. The lowest BCUT2D eigenvalue weighted by molar-refractivity contribution is -0.151. The molecule has 0 aliphatic carbocycles. The van der Waals surface area contributed by atoms with Crippen molar-refractivity contribution >= 4 is 5.97 Å². The summed E-state index contributed by atoms with van der Waals surface area (Å²) >= 11 is 0. The summed E-state index contributed by atoms with van der Waals surface area (Å²) in [6.45, 7) is 9.89. The molecular weight excluding hydrogens is 256 g/mol.